The normalized spacial score (nSPS) is 16.7. The van der Waals surface area contributed by atoms with Crippen LogP contribution in [0.2, 0.25) is 0 Å². The van der Waals surface area contributed by atoms with Crippen molar-refractivity contribution in [3.63, 3.8) is 0 Å². The van der Waals surface area contributed by atoms with E-state index in [0.29, 0.717) is 24.8 Å². The number of hydrogen-bond acceptors (Lipinski definition) is 5. The Hall–Kier alpha value is -3.19. The van der Waals surface area contributed by atoms with E-state index in [1.165, 1.54) is 5.56 Å². The number of carbonyl (C=O) groups excluding carboxylic acids is 1. The van der Waals surface area contributed by atoms with Crippen LogP contribution in [0.1, 0.15) is 37.6 Å². The van der Waals surface area contributed by atoms with Crippen molar-refractivity contribution in [3.8, 4) is 11.4 Å². The van der Waals surface area contributed by atoms with E-state index in [9.17, 15) is 4.79 Å². The minimum absolute atomic E-state index is 0.188. The molecule has 1 fully saturated rings. The lowest BCUT2D eigenvalue weighted by atomic mass is 10.0. The highest BCUT2D eigenvalue weighted by Crippen LogP contribution is 2.21. The number of aromatic nitrogens is 2. The zero-order chi connectivity index (χ0) is 21.5. The number of nitrogens with one attached hydrogen (secondary N) is 2. The molecule has 7 nitrogen and oxygen atoms in total. The van der Waals surface area contributed by atoms with Gasteiger partial charge in [-0.15, -0.1) is 0 Å². The smallest absolute Gasteiger partial charge is 0.319 e. The van der Waals surface area contributed by atoms with Gasteiger partial charge in [0.15, 0.2) is 0 Å². The molecule has 1 aromatic heterocycles. The van der Waals surface area contributed by atoms with Crippen molar-refractivity contribution in [2.45, 2.75) is 45.2 Å². The van der Waals surface area contributed by atoms with Gasteiger partial charge in [-0.1, -0.05) is 61.0 Å². The molecule has 1 aliphatic rings. The third-order valence-electron chi connectivity index (χ3n) is 5.71. The lowest BCUT2D eigenvalue weighted by Crippen LogP contribution is -2.47. The van der Waals surface area contributed by atoms with Crippen molar-refractivity contribution in [1.82, 2.24) is 20.4 Å². The molecule has 7 heteroatoms. The van der Waals surface area contributed by atoms with E-state index in [4.69, 9.17) is 4.52 Å². The number of carbonyl (C=O) groups is 1. The van der Waals surface area contributed by atoms with Crippen molar-refractivity contribution in [2.24, 2.45) is 0 Å². The van der Waals surface area contributed by atoms with Crippen LogP contribution in [0, 0.1) is 0 Å². The number of amides is 2. The molecule has 0 aliphatic carbocycles. The maximum Gasteiger partial charge on any atom is 0.319 e. The van der Waals surface area contributed by atoms with E-state index in [0.717, 1.165) is 43.5 Å². The number of para-hydroxylation sites is 1. The molecule has 2 amide bonds. The number of aryl methyl sites for hydroxylation is 1. The van der Waals surface area contributed by atoms with Crippen molar-refractivity contribution in [1.29, 1.82) is 0 Å². The topological polar surface area (TPSA) is 83.3 Å². The zero-order valence-electron chi connectivity index (χ0n) is 17.9. The summed E-state index contributed by atoms with van der Waals surface area (Å²) in [7, 11) is 0. The van der Waals surface area contributed by atoms with Crippen LogP contribution < -0.4 is 10.6 Å². The first kappa shape index (κ1) is 21.1. The molecule has 1 saturated heterocycles. The summed E-state index contributed by atoms with van der Waals surface area (Å²) >= 11 is 0. The van der Waals surface area contributed by atoms with Gasteiger partial charge < -0.3 is 15.2 Å². The van der Waals surface area contributed by atoms with Gasteiger partial charge in [0.1, 0.15) is 0 Å². The van der Waals surface area contributed by atoms with Crippen LogP contribution in [-0.4, -0.2) is 40.2 Å². The number of nitrogens with zero attached hydrogens (tertiary/aromatic N) is 3. The van der Waals surface area contributed by atoms with Gasteiger partial charge in [-0.25, -0.2) is 4.79 Å². The van der Waals surface area contributed by atoms with Crippen LogP contribution in [0.5, 0.6) is 0 Å². The maximum atomic E-state index is 12.2. The number of piperidine rings is 1. The average Bonchev–Trinajstić information content (AvgIpc) is 3.28. The van der Waals surface area contributed by atoms with E-state index in [1.54, 1.807) is 0 Å². The summed E-state index contributed by atoms with van der Waals surface area (Å²) in [4.78, 5) is 19.2. The summed E-state index contributed by atoms with van der Waals surface area (Å²) in [5.74, 6) is 1.22. The van der Waals surface area contributed by atoms with Crippen LogP contribution in [-0.2, 0) is 13.0 Å². The van der Waals surface area contributed by atoms with Gasteiger partial charge in [0, 0.05) is 23.8 Å². The highest BCUT2D eigenvalue weighted by atomic mass is 16.5. The molecular formula is C24H29N5O2. The Morgan fingerprint density at radius 2 is 1.94 bits per heavy atom. The highest BCUT2D eigenvalue weighted by molar-refractivity contribution is 5.89. The van der Waals surface area contributed by atoms with E-state index in [-0.39, 0.29) is 12.1 Å². The Labute approximate surface area is 182 Å². The molecule has 0 saturated carbocycles. The Bertz CT molecular complexity index is 971. The first-order valence-corrected chi connectivity index (χ1v) is 11.0. The third kappa shape index (κ3) is 5.70. The summed E-state index contributed by atoms with van der Waals surface area (Å²) in [5, 5.41) is 10.0. The largest absolute Gasteiger partial charge is 0.338 e. The lowest BCUT2D eigenvalue weighted by molar-refractivity contribution is 0.123. The van der Waals surface area contributed by atoms with E-state index in [2.05, 4.69) is 44.7 Å². The minimum Gasteiger partial charge on any atom is -0.338 e. The second-order valence-corrected chi connectivity index (χ2v) is 7.88. The monoisotopic (exact) mass is 419 g/mol. The van der Waals surface area contributed by atoms with Gasteiger partial charge in [-0.3, -0.25) is 4.90 Å². The zero-order valence-corrected chi connectivity index (χ0v) is 17.9. The van der Waals surface area contributed by atoms with E-state index < -0.39 is 0 Å². The second-order valence-electron chi connectivity index (χ2n) is 7.88. The van der Waals surface area contributed by atoms with Crippen molar-refractivity contribution in [3.05, 3.63) is 66.1 Å². The molecule has 31 heavy (non-hydrogen) atoms. The van der Waals surface area contributed by atoms with Crippen LogP contribution in [0.4, 0.5) is 10.5 Å². The maximum absolute atomic E-state index is 12.2. The SMILES string of the molecule is CCc1ccc(-c2noc(CN3CCCCC3CNC(=O)Nc3ccccc3)n2)cc1. The molecule has 1 atom stereocenters. The Morgan fingerprint density at radius 3 is 2.71 bits per heavy atom. The molecular weight excluding hydrogens is 390 g/mol. The molecule has 0 radical (unpaired) electrons. The first-order valence-electron chi connectivity index (χ1n) is 11.0. The molecule has 2 aromatic carbocycles. The van der Waals surface area contributed by atoms with Crippen LogP contribution in [0.15, 0.2) is 59.1 Å². The number of hydrogen-bond donors (Lipinski definition) is 2. The molecule has 2 heterocycles. The quantitative estimate of drug-likeness (QED) is 0.590. The number of anilines is 1. The van der Waals surface area contributed by atoms with Crippen molar-refractivity contribution >= 4 is 11.7 Å². The van der Waals surface area contributed by atoms with E-state index in [1.807, 2.05) is 42.5 Å². The summed E-state index contributed by atoms with van der Waals surface area (Å²) in [5.41, 5.74) is 3.03. The Balaban J connectivity index is 1.33. The third-order valence-corrected chi connectivity index (χ3v) is 5.71. The lowest BCUT2D eigenvalue weighted by Gasteiger charge is -2.34. The van der Waals surface area contributed by atoms with Crippen LogP contribution >= 0.6 is 0 Å². The summed E-state index contributed by atoms with van der Waals surface area (Å²) in [6.45, 7) is 4.26. The highest BCUT2D eigenvalue weighted by Gasteiger charge is 2.25. The summed E-state index contributed by atoms with van der Waals surface area (Å²) < 4.78 is 5.53. The molecule has 3 aromatic rings. The van der Waals surface area contributed by atoms with Gasteiger partial charge in [0.25, 0.3) is 0 Å². The predicted octanol–water partition coefficient (Wildman–Crippen LogP) is 4.48. The Kier molecular flexibility index (Phi) is 6.94. The number of urea groups is 1. The van der Waals surface area contributed by atoms with Crippen molar-refractivity contribution in [2.75, 3.05) is 18.4 Å². The molecule has 1 unspecified atom stereocenters. The minimum atomic E-state index is -0.188. The van der Waals surface area contributed by atoms with Gasteiger partial charge in [0.2, 0.25) is 11.7 Å². The molecule has 0 bridgehead atoms. The van der Waals surface area contributed by atoms with Gasteiger partial charge in [-0.2, -0.15) is 4.98 Å². The fraction of sp³-hybridized carbons (Fsp3) is 0.375. The second kappa shape index (κ2) is 10.2. The van der Waals surface area contributed by atoms with Crippen molar-refractivity contribution < 1.29 is 9.32 Å². The fourth-order valence-corrected chi connectivity index (χ4v) is 3.91. The molecule has 4 rings (SSSR count). The van der Waals surface area contributed by atoms with E-state index >= 15 is 0 Å². The number of likely N-dealkylation sites (tertiary alicyclic amines) is 1. The first-order chi connectivity index (χ1) is 15.2. The van der Waals surface area contributed by atoms with Crippen LogP contribution in [0.25, 0.3) is 11.4 Å². The Morgan fingerprint density at radius 1 is 1.13 bits per heavy atom. The molecule has 0 spiro atoms. The summed E-state index contributed by atoms with van der Waals surface area (Å²) in [6, 6.07) is 17.8. The van der Waals surface area contributed by atoms with Gasteiger partial charge >= 0.3 is 6.03 Å². The number of benzene rings is 2. The average molecular weight is 420 g/mol. The van der Waals surface area contributed by atoms with Gasteiger partial charge in [-0.05, 0) is 43.5 Å². The van der Waals surface area contributed by atoms with Gasteiger partial charge in [0.05, 0.1) is 6.54 Å². The predicted molar refractivity (Wildman–Crippen MR) is 121 cm³/mol. The fourth-order valence-electron chi connectivity index (χ4n) is 3.91. The standard InChI is InChI=1S/C24H29N5O2/c1-2-18-11-13-19(14-12-18)23-27-22(31-28-23)17-29-15-7-6-10-21(29)16-25-24(30)26-20-8-4-3-5-9-20/h3-5,8-9,11-14,21H,2,6-7,10,15-17H2,1H3,(H2,25,26,30). The summed E-state index contributed by atoms with van der Waals surface area (Å²) in [6.07, 6.45) is 4.32. The molecule has 1 aliphatic heterocycles. The number of rotatable bonds is 7. The molecule has 2 N–H and O–H groups in total. The van der Waals surface area contributed by atoms with Crippen LogP contribution in [0.3, 0.4) is 0 Å². The molecule has 162 valence electrons.